The lowest BCUT2D eigenvalue weighted by Crippen LogP contribution is -2.04. The highest BCUT2D eigenvalue weighted by atomic mass is 79.9. The van der Waals surface area contributed by atoms with Crippen molar-refractivity contribution in [2.24, 2.45) is 4.99 Å². The summed E-state index contributed by atoms with van der Waals surface area (Å²) in [7, 11) is -9.45. The summed E-state index contributed by atoms with van der Waals surface area (Å²) in [6, 6.07) is 13.6. The van der Waals surface area contributed by atoms with E-state index in [2.05, 4.69) is 20.9 Å². The van der Waals surface area contributed by atoms with E-state index in [0.717, 1.165) is 16.1 Å². The molecule has 0 fully saturated rings. The number of hydrogen-bond acceptors (Lipinski definition) is 5. The summed E-state index contributed by atoms with van der Waals surface area (Å²) in [6.45, 7) is 0. The molecule has 3 aromatic rings. The van der Waals surface area contributed by atoms with Crippen molar-refractivity contribution in [2.45, 2.75) is 9.79 Å². The van der Waals surface area contributed by atoms with E-state index >= 15 is 0 Å². The van der Waals surface area contributed by atoms with Gasteiger partial charge in [-0.2, -0.15) is 16.8 Å². The molecule has 3 rings (SSSR count). The van der Waals surface area contributed by atoms with Crippen LogP contribution in [0.25, 0.3) is 10.8 Å². The van der Waals surface area contributed by atoms with Crippen LogP contribution in [0.1, 0.15) is 5.56 Å². The van der Waals surface area contributed by atoms with E-state index in [1.807, 2.05) is 12.1 Å². The minimum absolute atomic E-state index is 0.0424. The zero-order valence-corrected chi connectivity index (χ0v) is 16.7. The summed E-state index contributed by atoms with van der Waals surface area (Å²) < 4.78 is 66.2. The van der Waals surface area contributed by atoms with Crippen molar-refractivity contribution in [1.29, 1.82) is 0 Å². The fraction of sp³-hybridized carbons (Fsp3) is 0. The Labute approximate surface area is 164 Å². The lowest BCUT2D eigenvalue weighted by Gasteiger charge is -2.09. The van der Waals surface area contributed by atoms with Crippen molar-refractivity contribution in [3.05, 3.63) is 64.6 Å². The second-order valence-electron chi connectivity index (χ2n) is 5.56. The molecule has 0 saturated carbocycles. The van der Waals surface area contributed by atoms with E-state index in [-0.39, 0.29) is 16.5 Å². The third-order valence-electron chi connectivity index (χ3n) is 3.69. The van der Waals surface area contributed by atoms with E-state index in [0.29, 0.717) is 6.07 Å². The van der Waals surface area contributed by atoms with Gasteiger partial charge in [0.1, 0.15) is 4.90 Å². The summed E-state index contributed by atoms with van der Waals surface area (Å²) in [5, 5.41) is 0.226. The van der Waals surface area contributed by atoms with Gasteiger partial charge in [0.05, 0.1) is 10.6 Å². The van der Waals surface area contributed by atoms with Crippen LogP contribution in [0.3, 0.4) is 0 Å². The molecule has 10 heteroatoms. The fourth-order valence-electron chi connectivity index (χ4n) is 2.50. The first-order valence-corrected chi connectivity index (χ1v) is 11.0. The zero-order chi connectivity index (χ0) is 19.8. The van der Waals surface area contributed by atoms with Crippen LogP contribution in [0.5, 0.6) is 0 Å². The number of nitrogens with zero attached hydrogens (tertiary/aromatic N) is 1. The Hall–Kier alpha value is -2.11. The molecule has 2 N–H and O–H groups in total. The first-order valence-electron chi connectivity index (χ1n) is 7.37. The normalized spacial score (nSPS) is 12.7. The van der Waals surface area contributed by atoms with Gasteiger partial charge in [0.25, 0.3) is 20.2 Å². The molecule has 0 radical (unpaired) electrons. The van der Waals surface area contributed by atoms with Gasteiger partial charge in [0, 0.05) is 16.1 Å². The molecule has 0 bridgehead atoms. The fourth-order valence-corrected chi connectivity index (χ4v) is 4.13. The zero-order valence-electron chi connectivity index (χ0n) is 13.4. The maximum absolute atomic E-state index is 11.8. The maximum Gasteiger partial charge on any atom is 0.295 e. The van der Waals surface area contributed by atoms with Crippen LogP contribution in [0.15, 0.2) is 73.9 Å². The van der Waals surface area contributed by atoms with E-state index in [9.17, 15) is 25.9 Å². The standard InChI is InChI=1S/C17H12BrNO6S2/c18-13-6-4-11(5-7-13)10-19-15-3-1-2-12-8-14(26(20,21)22)9-16(17(12)15)27(23,24)25/h1-10H,(H,20,21,22)(H,23,24,25). The number of fused-ring (bicyclic) bond motifs is 1. The molecule has 0 unspecified atom stereocenters. The first-order chi connectivity index (χ1) is 12.6. The minimum Gasteiger partial charge on any atom is -0.282 e. The van der Waals surface area contributed by atoms with Crippen molar-refractivity contribution in [2.75, 3.05) is 0 Å². The lowest BCUT2D eigenvalue weighted by atomic mass is 10.1. The lowest BCUT2D eigenvalue weighted by molar-refractivity contribution is 0.482. The molecule has 0 spiro atoms. The molecule has 0 aromatic heterocycles. The van der Waals surface area contributed by atoms with Crippen LogP contribution in [-0.4, -0.2) is 32.2 Å². The Morgan fingerprint density at radius 3 is 2.15 bits per heavy atom. The van der Waals surface area contributed by atoms with E-state index < -0.39 is 30.0 Å². The van der Waals surface area contributed by atoms with E-state index in [1.54, 1.807) is 18.2 Å². The predicted octanol–water partition coefficient (Wildman–Crippen LogP) is 3.85. The number of halogens is 1. The smallest absolute Gasteiger partial charge is 0.282 e. The van der Waals surface area contributed by atoms with Crippen molar-refractivity contribution in [3.63, 3.8) is 0 Å². The van der Waals surface area contributed by atoms with Crippen molar-refractivity contribution in [1.82, 2.24) is 0 Å². The van der Waals surface area contributed by atoms with Crippen LogP contribution in [0.4, 0.5) is 5.69 Å². The average Bonchev–Trinajstić information content (AvgIpc) is 2.58. The van der Waals surface area contributed by atoms with Gasteiger partial charge in [-0.05, 0) is 41.3 Å². The molecule has 0 atom stereocenters. The molecule has 7 nitrogen and oxygen atoms in total. The second kappa shape index (κ2) is 7.13. The van der Waals surface area contributed by atoms with Gasteiger partial charge in [-0.15, -0.1) is 0 Å². The van der Waals surface area contributed by atoms with Gasteiger partial charge < -0.3 is 0 Å². The molecule has 27 heavy (non-hydrogen) atoms. The molecule has 0 saturated heterocycles. The molecule has 140 valence electrons. The summed E-state index contributed by atoms with van der Waals surface area (Å²) in [5.41, 5.74) is 0.961. The Bertz CT molecular complexity index is 1270. The van der Waals surface area contributed by atoms with E-state index in [4.69, 9.17) is 0 Å². The van der Waals surface area contributed by atoms with Crippen molar-refractivity contribution < 1.29 is 25.9 Å². The number of aliphatic imine (C=N–C) groups is 1. The Balaban J connectivity index is 2.27. The van der Waals surface area contributed by atoms with Gasteiger partial charge in [-0.3, -0.25) is 14.1 Å². The Kier molecular flexibility index (Phi) is 5.19. The quantitative estimate of drug-likeness (QED) is 0.442. The summed E-state index contributed by atoms with van der Waals surface area (Å²) in [5.74, 6) is 0. The molecule has 0 aliphatic carbocycles. The highest BCUT2D eigenvalue weighted by molar-refractivity contribution is 9.10. The summed E-state index contributed by atoms with van der Waals surface area (Å²) in [6.07, 6.45) is 1.51. The topological polar surface area (TPSA) is 121 Å². The Morgan fingerprint density at radius 2 is 1.56 bits per heavy atom. The van der Waals surface area contributed by atoms with Gasteiger partial charge in [0.15, 0.2) is 0 Å². The van der Waals surface area contributed by atoms with Crippen LogP contribution in [0, 0.1) is 0 Å². The van der Waals surface area contributed by atoms with Crippen molar-refractivity contribution >= 4 is 58.8 Å². The molecule has 3 aromatic carbocycles. The first kappa shape index (κ1) is 19.6. The van der Waals surface area contributed by atoms with Crippen LogP contribution in [0.2, 0.25) is 0 Å². The highest BCUT2D eigenvalue weighted by Gasteiger charge is 2.22. The highest BCUT2D eigenvalue weighted by Crippen LogP contribution is 2.34. The van der Waals surface area contributed by atoms with Gasteiger partial charge >= 0.3 is 0 Å². The maximum atomic E-state index is 11.8. The molecule has 0 amide bonds. The predicted molar refractivity (Wildman–Crippen MR) is 105 cm³/mol. The van der Waals surface area contributed by atoms with Gasteiger partial charge in [-0.1, -0.05) is 40.2 Å². The third kappa shape index (κ3) is 4.42. The SMILES string of the molecule is O=S(=O)(O)c1cc(S(=O)(=O)O)c2c(N=Cc3ccc(Br)cc3)cccc2c1. The molecule has 0 aliphatic rings. The number of hydrogen-bond donors (Lipinski definition) is 2. The number of rotatable bonds is 4. The summed E-state index contributed by atoms with van der Waals surface area (Å²) >= 11 is 3.32. The minimum atomic E-state index is -4.78. The molecule has 0 heterocycles. The van der Waals surface area contributed by atoms with Crippen LogP contribution >= 0.6 is 15.9 Å². The van der Waals surface area contributed by atoms with Crippen LogP contribution in [-0.2, 0) is 20.2 Å². The van der Waals surface area contributed by atoms with Gasteiger partial charge in [0.2, 0.25) is 0 Å². The van der Waals surface area contributed by atoms with E-state index in [1.165, 1.54) is 18.3 Å². The van der Waals surface area contributed by atoms with Crippen molar-refractivity contribution in [3.8, 4) is 0 Å². The second-order valence-corrected chi connectivity index (χ2v) is 9.28. The molecular formula is C17H12BrNO6S2. The van der Waals surface area contributed by atoms with Crippen LogP contribution < -0.4 is 0 Å². The average molecular weight is 470 g/mol. The molecule has 0 aliphatic heterocycles. The van der Waals surface area contributed by atoms with Gasteiger partial charge in [-0.25, -0.2) is 0 Å². The third-order valence-corrected chi connectivity index (χ3v) is 5.93. The largest absolute Gasteiger partial charge is 0.295 e. The summed E-state index contributed by atoms with van der Waals surface area (Å²) in [4.78, 5) is 2.97. The number of benzene rings is 3. The monoisotopic (exact) mass is 469 g/mol. The Morgan fingerprint density at radius 1 is 0.889 bits per heavy atom. The molecular weight excluding hydrogens is 458 g/mol.